The molecular formula is C14H21N3O4. The number of hydrogen-bond donors (Lipinski definition) is 2. The van der Waals surface area contributed by atoms with Gasteiger partial charge in [-0.3, -0.25) is 19.7 Å². The van der Waals surface area contributed by atoms with Gasteiger partial charge in [-0.15, -0.1) is 0 Å². The van der Waals surface area contributed by atoms with E-state index in [1.807, 2.05) is 27.7 Å². The topological polar surface area (TPSA) is 101 Å². The maximum absolute atomic E-state index is 11.9. The van der Waals surface area contributed by atoms with Crippen LogP contribution in [0.1, 0.15) is 62.9 Å². The SMILES string of the molecule is CC.CC(C)c1ncc(C(=O)NC2CCC(=O)NC2=O)o1. The van der Waals surface area contributed by atoms with E-state index in [1.54, 1.807) is 0 Å². The van der Waals surface area contributed by atoms with Crippen molar-refractivity contribution in [3.63, 3.8) is 0 Å². The number of oxazole rings is 1. The van der Waals surface area contributed by atoms with Crippen molar-refractivity contribution in [1.29, 1.82) is 0 Å². The van der Waals surface area contributed by atoms with Gasteiger partial charge in [0.05, 0.1) is 6.20 Å². The van der Waals surface area contributed by atoms with Gasteiger partial charge >= 0.3 is 0 Å². The number of rotatable bonds is 3. The van der Waals surface area contributed by atoms with Gasteiger partial charge < -0.3 is 9.73 Å². The maximum Gasteiger partial charge on any atom is 0.289 e. The largest absolute Gasteiger partial charge is 0.435 e. The summed E-state index contributed by atoms with van der Waals surface area (Å²) in [5.41, 5.74) is 0. The zero-order valence-corrected chi connectivity index (χ0v) is 12.7. The molecule has 0 spiro atoms. The van der Waals surface area contributed by atoms with Crippen LogP contribution in [-0.4, -0.2) is 28.7 Å². The first kappa shape index (κ1) is 16.9. The lowest BCUT2D eigenvalue weighted by molar-refractivity contribution is -0.134. The van der Waals surface area contributed by atoms with Crippen molar-refractivity contribution >= 4 is 17.7 Å². The lowest BCUT2D eigenvalue weighted by atomic mass is 10.1. The summed E-state index contributed by atoms with van der Waals surface area (Å²) in [6.07, 6.45) is 1.84. The molecule has 0 radical (unpaired) electrons. The first-order valence-corrected chi connectivity index (χ1v) is 7.07. The van der Waals surface area contributed by atoms with Crippen LogP contribution in [0.15, 0.2) is 10.6 Å². The van der Waals surface area contributed by atoms with E-state index < -0.39 is 17.9 Å². The van der Waals surface area contributed by atoms with Gasteiger partial charge in [-0.1, -0.05) is 27.7 Å². The smallest absolute Gasteiger partial charge is 0.289 e. The predicted molar refractivity (Wildman–Crippen MR) is 75.6 cm³/mol. The molecule has 2 N–H and O–H groups in total. The number of carbonyl (C=O) groups is 3. The Balaban J connectivity index is 0.00000106. The van der Waals surface area contributed by atoms with Crippen molar-refractivity contribution in [2.24, 2.45) is 0 Å². The highest BCUT2D eigenvalue weighted by Gasteiger charge is 2.29. The average molecular weight is 295 g/mol. The molecule has 2 heterocycles. The van der Waals surface area contributed by atoms with E-state index in [1.165, 1.54) is 6.20 Å². The molecule has 0 saturated carbocycles. The van der Waals surface area contributed by atoms with E-state index in [9.17, 15) is 14.4 Å². The Morgan fingerprint density at radius 2 is 2.10 bits per heavy atom. The lowest BCUT2D eigenvalue weighted by Crippen LogP contribution is -2.52. The monoisotopic (exact) mass is 295 g/mol. The molecule has 7 nitrogen and oxygen atoms in total. The van der Waals surface area contributed by atoms with Crippen LogP contribution in [0, 0.1) is 0 Å². The highest BCUT2D eigenvalue weighted by Crippen LogP contribution is 2.14. The van der Waals surface area contributed by atoms with Gasteiger partial charge in [-0.05, 0) is 6.42 Å². The van der Waals surface area contributed by atoms with Crippen LogP contribution >= 0.6 is 0 Å². The molecule has 0 bridgehead atoms. The van der Waals surface area contributed by atoms with E-state index in [4.69, 9.17) is 4.42 Å². The summed E-state index contributed by atoms with van der Waals surface area (Å²) in [7, 11) is 0. The Morgan fingerprint density at radius 3 is 2.62 bits per heavy atom. The van der Waals surface area contributed by atoms with Crippen molar-refractivity contribution in [3.8, 4) is 0 Å². The highest BCUT2D eigenvalue weighted by atomic mass is 16.4. The normalized spacial score (nSPS) is 17.9. The molecule has 1 aromatic heterocycles. The fraction of sp³-hybridized carbons (Fsp3) is 0.571. The number of imide groups is 1. The summed E-state index contributed by atoms with van der Waals surface area (Å²) in [4.78, 5) is 38.3. The molecule has 1 aromatic rings. The fourth-order valence-corrected chi connectivity index (χ4v) is 1.72. The van der Waals surface area contributed by atoms with Gasteiger partial charge in [0.25, 0.3) is 5.91 Å². The summed E-state index contributed by atoms with van der Waals surface area (Å²) in [6, 6.07) is -0.710. The Kier molecular flexibility index (Phi) is 6.08. The number of nitrogens with one attached hydrogen (secondary N) is 2. The number of hydrogen-bond acceptors (Lipinski definition) is 5. The number of carbonyl (C=O) groups excluding carboxylic acids is 3. The standard InChI is InChI=1S/C12H15N3O4.C2H6/c1-6(2)12-13-5-8(19-12)11(18)14-7-3-4-9(16)15-10(7)17;1-2/h5-7H,3-4H2,1-2H3,(H,14,18)(H,15,16,17);1-2H3. The minimum atomic E-state index is -0.710. The van der Waals surface area contributed by atoms with E-state index in [0.29, 0.717) is 12.3 Å². The quantitative estimate of drug-likeness (QED) is 0.820. The van der Waals surface area contributed by atoms with Gasteiger partial charge in [0.15, 0.2) is 5.89 Å². The van der Waals surface area contributed by atoms with Crippen LogP contribution < -0.4 is 10.6 Å². The van der Waals surface area contributed by atoms with Crippen LogP contribution in [0.4, 0.5) is 0 Å². The molecule has 116 valence electrons. The summed E-state index contributed by atoms with van der Waals surface area (Å²) in [5, 5.41) is 4.69. The third-order valence-electron chi connectivity index (χ3n) is 2.79. The molecule has 1 unspecified atom stereocenters. The van der Waals surface area contributed by atoms with E-state index in [2.05, 4.69) is 15.6 Å². The summed E-state index contributed by atoms with van der Waals surface area (Å²) < 4.78 is 5.28. The second-order valence-electron chi connectivity index (χ2n) is 4.69. The van der Waals surface area contributed by atoms with Crippen LogP contribution in [0.3, 0.4) is 0 Å². The third kappa shape index (κ3) is 4.40. The minimum absolute atomic E-state index is 0.0633. The van der Waals surface area contributed by atoms with E-state index in [0.717, 1.165) is 0 Å². The van der Waals surface area contributed by atoms with Crippen molar-refractivity contribution in [2.45, 2.75) is 52.5 Å². The Bertz CT molecular complexity index is 522. The summed E-state index contributed by atoms with van der Waals surface area (Å²) in [5.74, 6) is -0.710. The van der Waals surface area contributed by atoms with Gasteiger partial charge in [0.1, 0.15) is 6.04 Å². The molecule has 0 aromatic carbocycles. The van der Waals surface area contributed by atoms with Crippen molar-refractivity contribution in [2.75, 3.05) is 0 Å². The molecule has 1 aliphatic rings. The molecule has 0 aliphatic carbocycles. The first-order chi connectivity index (χ1) is 9.97. The Labute approximate surface area is 123 Å². The van der Waals surface area contributed by atoms with Gasteiger partial charge in [0, 0.05) is 12.3 Å². The number of amides is 3. The molecule has 3 amide bonds. The Morgan fingerprint density at radius 1 is 1.43 bits per heavy atom. The summed E-state index contributed by atoms with van der Waals surface area (Å²) in [6.45, 7) is 7.79. The number of piperidine rings is 1. The zero-order chi connectivity index (χ0) is 16.0. The van der Waals surface area contributed by atoms with Crippen molar-refractivity contribution in [1.82, 2.24) is 15.6 Å². The van der Waals surface area contributed by atoms with Crippen LogP contribution in [0.5, 0.6) is 0 Å². The molecule has 1 aliphatic heterocycles. The van der Waals surface area contributed by atoms with E-state index in [-0.39, 0.29) is 24.0 Å². The molecule has 1 atom stereocenters. The second-order valence-corrected chi connectivity index (χ2v) is 4.69. The van der Waals surface area contributed by atoms with Crippen LogP contribution in [0.25, 0.3) is 0 Å². The van der Waals surface area contributed by atoms with Gasteiger partial charge in [0.2, 0.25) is 17.6 Å². The van der Waals surface area contributed by atoms with Gasteiger partial charge in [-0.2, -0.15) is 0 Å². The summed E-state index contributed by atoms with van der Waals surface area (Å²) >= 11 is 0. The van der Waals surface area contributed by atoms with E-state index >= 15 is 0 Å². The molecule has 7 heteroatoms. The second kappa shape index (κ2) is 7.56. The number of nitrogens with zero attached hydrogens (tertiary/aromatic N) is 1. The van der Waals surface area contributed by atoms with Gasteiger partial charge in [-0.25, -0.2) is 4.98 Å². The zero-order valence-electron chi connectivity index (χ0n) is 12.7. The molecule has 2 rings (SSSR count). The highest BCUT2D eigenvalue weighted by molar-refractivity contribution is 6.03. The van der Waals surface area contributed by atoms with Crippen molar-refractivity contribution in [3.05, 3.63) is 17.8 Å². The van der Waals surface area contributed by atoms with Crippen LogP contribution in [0.2, 0.25) is 0 Å². The molecular weight excluding hydrogens is 274 g/mol. The maximum atomic E-state index is 11.9. The van der Waals surface area contributed by atoms with Crippen molar-refractivity contribution < 1.29 is 18.8 Å². The Hall–Kier alpha value is -2.18. The molecule has 1 saturated heterocycles. The predicted octanol–water partition coefficient (Wildman–Crippen LogP) is 1.36. The lowest BCUT2D eigenvalue weighted by Gasteiger charge is -2.21. The molecule has 1 fully saturated rings. The number of aromatic nitrogens is 1. The first-order valence-electron chi connectivity index (χ1n) is 7.07. The third-order valence-corrected chi connectivity index (χ3v) is 2.79. The average Bonchev–Trinajstić information content (AvgIpc) is 2.94. The van der Waals surface area contributed by atoms with Crippen LogP contribution in [-0.2, 0) is 9.59 Å². The minimum Gasteiger partial charge on any atom is -0.435 e. The molecule has 21 heavy (non-hydrogen) atoms. The fourth-order valence-electron chi connectivity index (χ4n) is 1.72.